The Morgan fingerprint density at radius 2 is 2.22 bits per heavy atom. The molecule has 1 aromatic rings. The van der Waals surface area contributed by atoms with Crippen LogP contribution in [0.5, 0.6) is 5.75 Å². The number of methoxy groups -OCH3 is 1. The van der Waals surface area contributed by atoms with E-state index in [0.717, 1.165) is 29.7 Å². The second-order valence-electron chi connectivity index (χ2n) is 4.69. The molecule has 0 unspecified atom stereocenters. The first-order chi connectivity index (χ1) is 8.61. The zero-order chi connectivity index (χ0) is 13.1. The number of hydrogen-bond donors (Lipinski definition) is 1. The van der Waals surface area contributed by atoms with Crippen LogP contribution in [0.3, 0.4) is 0 Å². The third kappa shape index (κ3) is 2.80. The Morgan fingerprint density at radius 3 is 2.89 bits per heavy atom. The number of hydrogen-bond acceptors (Lipinski definition) is 4. The van der Waals surface area contributed by atoms with E-state index in [2.05, 4.69) is 0 Å². The predicted octanol–water partition coefficient (Wildman–Crippen LogP) is 3.13. The first-order valence-electron chi connectivity index (χ1n) is 6.16. The lowest BCUT2D eigenvalue weighted by Crippen LogP contribution is -2.21. The highest BCUT2D eigenvalue weighted by molar-refractivity contribution is 8.00. The molecule has 3 nitrogen and oxygen atoms in total. The standard InChI is InChI=1S/C14H18O3S/c1-9-6-7-13(11(15)8-9)18-12-5-3-4-10(12)14(16)17-2/h6-8,10,12,15H,3-5H2,1-2H3/t10-,12-/m0/s1. The maximum absolute atomic E-state index is 11.7. The molecule has 2 atom stereocenters. The molecule has 0 aliphatic heterocycles. The summed E-state index contributed by atoms with van der Waals surface area (Å²) in [5.74, 6) is 0.132. The van der Waals surface area contributed by atoms with Crippen molar-refractivity contribution in [2.45, 2.75) is 36.3 Å². The summed E-state index contributed by atoms with van der Waals surface area (Å²) < 4.78 is 4.84. The fourth-order valence-electron chi connectivity index (χ4n) is 2.38. The van der Waals surface area contributed by atoms with Crippen LogP contribution in [0.15, 0.2) is 23.1 Å². The van der Waals surface area contributed by atoms with E-state index in [4.69, 9.17) is 4.74 Å². The summed E-state index contributed by atoms with van der Waals surface area (Å²) in [6, 6.07) is 5.65. The molecule has 18 heavy (non-hydrogen) atoms. The van der Waals surface area contributed by atoms with Gasteiger partial charge in [0.1, 0.15) is 5.75 Å². The quantitative estimate of drug-likeness (QED) is 0.854. The van der Waals surface area contributed by atoms with Crippen LogP contribution < -0.4 is 0 Å². The van der Waals surface area contributed by atoms with Gasteiger partial charge < -0.3 is 9.84 Å². The highest BCUT2D eigenvalue weighted by atomic mass is 32.2. The Kier molecular flexibility index (Phi) is 4.17. The van der Waals surface area contributed by atoms with Gasteiger partial charge in [0.05, 0.1) is 13.0 Å². The SMILES string of the molecule is COC(=O)[C@H]1CCC[C@@H]1Sc1ccc(C)cc1O. The fourth-order valence-corrected chi connectivity index (χ4v) is 3.73. The summed E-state index contributed by atoms with van der Waals surface area (Å²) >= 11 is 1.59. The predicted molar refractivity (Wildman–Crippen MR) is 71.8 cm³/mol. The van der Waals surface area contributed by atoms with Gasteiger partial charge in [0.25, 0.3) is 0 Å². The van der Waals surface area contributed by atoms with Crippen molar-refractivity contribution in [3.8, 4) is 5.75 Å². The average Bonchev–Trinajstić information content (AvgIpc) is 2.80. The lowest BCUT2D eigenvalue weighted by Gasteiger charge is -2.17. The van der Waals surface area contributed by atoms with Crippen molar-refractivity contribution in [2.75, 3.05) is 7.11 Å². The molecule has 1 fully saturated rings. The number of thioether (sulfide) groups is 1. The van der Waals surface area contributed by atoms with Gasteiger partial charge in [-0.05, 0) is 37.5 Å². The molecular weight excluding hydrogens is 248 g/mol. The molecule has 1 aliphatic rings. The van der Waals surface area contributed by atoms with Gasteiger partial charge in [0.2, 0.25) is 0 Å². The summed E-state index contributed by atoms with van der Waals surface area (Å²) in [4.78, 5) is 12.5. The number of aromatic hydroxyl groups is 1. The second kappa shape index (κ2) is 5.65. The van der Waals surface area contributed by atoms with E-state index in [9.17, 15) is 9.90 Å². The van der Waals surface area contributed by atoms with Crippen molar-refractivity contribution in [1.29, 1.82) is 0 Å². The molecule has 1 saturated carbocycles. The zero-order valence-electron chi connectivity index (χ0n) is 10.7. The van der Waals surface area contributed by atoms with E-state index in [1.165, 1.54) is 7.11 Å². The Bertz CT molecular complexity index is 445. The van der Waals surface area contributed by atoms with E-state index in [1.54, 1.807) is 17.8 Å². The average molecular weight is 266 g/mol. The van der Waals surface area contributed by atoms with E-state index in [0.29, 0.717) is 5.75 Å². The summed E-state index contributed by atoms with van der Waals surface area (Å²) in [6.07, 6.45) is 2.93. The normalized spacial score (nSPS) is 23.0. The molecule has 0 heterocycles. The molecule has 0 aromatic heterocycles. The van der Waals surface area contributed by atoms with Crippen molar-refractivity contribution < 1.29 is 14.6 Å². The fraction of sp³-hybridized carbons (Fsp3) is 0.500. The highest BCUT2D eigenvalue weighted by Crippen LogP contribution is 2.42. The summed E-state index contributed by atoms with van der Waals surface area (Å²) in [5, 5.41) is 10.1. The van der Waals surface area contributed by atoms with Crippen LogP contribution in [-0.2, 0) is 9.53 Å². The third-order valence-corrected chi connectivity index (χ3v) is 4.82. The highest BCUT2D eigenvalue weighted by Gasteiger charge is 2.34. The summed E-state index contributed by atoms with van der Waals surface area (Å²) in [5.41, 5.74) is 1.03. The van der Waals surface area contributed by atoms with Gasteiger partial charge in [-0.2, -0.15) is 0 Å². The van der Waals surface area contributed by atoms with Gasteiger partial charge in [-0.1, -0.05) is 12.5 Å². The van der Waals surface area contributed by atoms with Gasteiger partial charge in [0, 0.05) is 10.1 Å². The van der Waals surface area contributed by atoms with Crippen molar-refractivity contribution in [1.82, 2.24) is 0 Å². The first kappa shape index (κ1) is 13.3. The summed E-state index contributed by atoms with van der Waals surface area (Å²) in [6.45, 7) is 1.95. The lowest BCUT2D eigenvalue weighted by atomic mass is 10.1. The van der Waals surface area contributed by atoms with Crippen LogP contribution >= 0.6 is 11.8 Å². The van der Waals surface area contributed by atoms with Crippen LogP contribution in [0.25, 0.3) is 0 Å². The largest absolute Gasteiger partial charge is 0.507 e. The number of phenolic OH excluding ortho intramolecular Hbond substituents is 1. The number of esters is 1. The maximum Gasteiger partial charge on any atom is 0.309 e. The van der Waals surface area contributed by atoms with Crippen LogP contribution in [-0.4, -0.2) is 23.4 Å². The molecule has 0 spiro atoms. The number of ether oxygens (including phenoxy) is 1. The van der Waals surface area contributed by atoms with Gasteiger partial charge in [-0.25, -0.2) is 0 Å². The summed E-state index contributed by atoms with van der Waals surface area (Å²) in [7, 11) is 1.44. The minimum absolute atomic E-state index is 0.0410. The van der Waals surface area contributed by atoms with Gasteiger partial charge in [0.15, 0.2) is 0 Å². The topological polar surface area (TPSA) is 46.5 Å². The van der Waals surface area contributed by atoms with Crippen molar-refractivity contribution in [3.63, 3.8) is 0 Å². The van der Waals surface area contributed by atoms with Crippen LogP contribution in [0.1, 0.15) is 24.8 Å². The molecule has 0 bridgehead atoms. The second-order valence-corrected chi connectivity index (χ2v) is 5.97. The minimum Gasteiger partial charge on any atom is -0.507 e. The number of rotatable bonds is 3. The minimum atomic E-state index is -0.128. The van der Waals surface area contributed by atoms with Gasteiger partial charge >= 0.3 is 5.97 Å². The zero-order valence-corrected chi connectivity index (χ0v) is 11.5. The number of carbonyl (C=O) groups excluding carboxylic acids is 1. The number of benzene rings is 1. The lowest BCUT2D eigenvalue weighted by molar-refractivity contribution is -0.144. The maximum atomic E-state index is 11.7. The molecule has 0 radical (unpaired) electrons. The molecule has 1 N–H and O–H groups in total. The molecular formula is C14H18O3S. The third-order valence-electron chi connectivity index (χ3n) is 3.35. The van der Waals surface area contributed by atoms with Crippen LogP contribution in [0, 0.1) is 12.8 Å². The van der Waals surface area contributed by atoms with E-state index in [1.807, 2.05) is 19.1 Å². The Morgan fingerprint density at radius 1 is 1.44 bits per heavy atom. The number of aryl methyl sites for hydroxylation is 1. The molecule has 0 saturated heterocycles. The molecule has 98 valence electrons. The van der Waals surface area contributed by atoms with Crippen molar-refractivity contribution in [3.05, 3.63) is 23.8 Å². The van der Waals surface area contributed by atoms with E-state index < -0.39 is 0 Å². The molecule has 1 aromatic carbocycles. The molecule has 2 rings (SSSR count). The monoisotopic (exact) mass is 266 g/mol. The Balaban J connectivity index is 2.10. The smallest absolute Gasteiger partial charge is 0.309 e. The molecule has 1 aliphatic carbocycles. The molecule has 4 heteroatoms. The number of carbonyl (C=O) groups is 1. The van der Waals surface area contributed by atoms with Crippen LogP contribution in [0.4, 0.5) is 0 Å². The van der Waals surface area contributed by atoms with Crippen LogP contribution in [0.2, 0.25) is 0 Å². The van der Waals surface area contributed by atoms with Crippen molar-refractivity contribution >= 4 is 17.7 Å². The van der Waals surface area contributed by atoms with E-state index in [-0.39, 0.29) is 17.1 Å². The Hall–Kier alpha value is -1.16. The van der Waals surface area contributed by atoms with Crippen molar-refractivity contribution in [2.24, 2.45) is 5.92 Å². The molecule has 0 amide bonds. The first-order valence-corrected chi connectivity index (χ1v) is 7.04. The number of phenols is 1. The van der Waals surface area contributed by atoms with E-state index >= 15 is 0 Å². The van der Waals surface area contributed by atoms with Gasteiger partial charge in [-0.3, -0.25) is 4.79 Å². The Labute approximate surface area is 112 Å². The van der Waals surface area contributed by atoms with Gasteiger partial charge in [-0.15, -0.1) is 11.8 Å².